The van der Waals surface area contributed by atoms with Crippen molar-refractivity contribution < 1.29 is 13.2 Å². The summed E-state index contributed by atoms with van der Waals surface area (Å²) >= 11 is 7.59. The number of hydrogen-bond donors (Lipinski definition) is 1. The van der Waals surface area contributed by atoms with Crippen LogP contribution in [0.4, 0.5) is 0 Å². The number of halogens is 1. The molecular weight excluding hydrogens is 370 g/mol. The van der Waals surface area contributed by atoms with Crippen LogP contribution in [0, 0.1) is 6.92 Å². The number of hydrogen-bond acceptors (Lipinski definition) is 5. The van der Waals surface area contributed by atoms with Crippen LogP contribution in [0.5, 0.6) is 0 Å². The van der Waals surface area contributed by atoms with Crippen molar-refractivity contribution >= 4 is 38.9 Å². The number of nitrogens with one attached hydrogen (secondary N) is 1. The van der Waals surface area contributed by atoms with Crippen molar-refractivity contribution in [3.05, 3.63) is 44.9 Å². The first-order valence-corrected chi connectivity index (χ1v) is 9.83. The van der Waals surface area contributed by atoms with E-state index < -0.39 is 15.9 Å². The van der Waals surface area contributed by atoms with Crippen LogP contribution in [0.15, 0.2) is 28.5 Å². The number of carbonyl (C=O) groups excluding carboxylic acids is 1. The van der Waals surface area contributed by atoms with Crippen LogP contribution in [0.3, 0.4) is 0 Å². The summed E-state index contributed by atoms with van der Waals surface area (Å²) in [6.45, 7) is 2.31. The van der Waals surface area contributed by atoms with E-state index in [9.17, 15) is 13.2 Å². The second-order valence-corrected chi connectivity index (χ2v) is 8.91. The van der Waals surface area contributed by atoms with E-state index in [1.807, 2.05) is 12.3 Å². The Morgan fingerprint density at radius 2 is 2.08 bits per heavy atom. The number of amides is 1. The summed E-state index contributed by atoms with van der Waals surface area (Å²) in [6.07, 6.45) is 0.601. The quantitative estimate of drug-likeness (QED) is 0.824. The van der Waals surface area contributed by atoms with Gasteiger partial charge in [0, 0.05) is 32.4 Å². The van der Waals surface area contributed by atoms with Crippen molar-refractivity contribution in [2.24, 2.45) is 0 Å². The number of carbonyl (C=O) groups is 1. The van der Waals surface area contributed by atoms with Gasteiger partial charge in [-0.05, 0) is 25.1 Å². The van der Waals surface area contributed by atoms with Gasteiger partial charge >= 0.3 is 0 Å². The maximum atomic E-state index is 12.3. The fourth-order valence-electron chi connectivity index (χ4n) is 1.97. The first-order valence-electron chi connectivity index (χ1n) is 7.13. The molecule has 0 aliphatic rings. The molecule has 0 saturated heterocycles. The smallest absolute Gasteiger partial charge is 0.252 e. The Bertz CT molecular complexity index is 847. The fraction of sp³-hybridized carbons (Fsp3) is 0.333. The predicted molar refractivity (Wildman–Crippen MR) is 95.2 cm³/mol. The fourth-order valence-corrected chi connectivity index (χ4v) is 3.75. The second kappa shape index (κ2) is 7.60. The topological polar surface area (TPSA) is 79.4 Å². The minimum Gasteiger partial charge on any atom is -0.352 e. The molecule has 0 unspecified atom stereocenters. The summed E-state index contributed by atoms with van der Waals surface area (Å²) < 4.78 is 25.4. The van der Waals surface area contributed by atoms with Gasteiger partial charge in [-0.25, -0.2) is 17.7 Å². The largest absolute Gasteiger partial charge is 0.352 e. The summed E-state index contributed by atoms with van der Waals surface area (Å²) in [7, 11) is -0.764. The standard InChI is InChI=1S/C15H18ClN3O3S2/c1-10-18-11(9-23-10)6-7-17-15(20)13-8-12(4-5-14(13)16)24(21,22)19(2)3/h4-5,8-9H,6-7H2,1-3H3,(H,17,20). The highest BCUT2D eigenvalue weighted by Gasteiger charge is 2.20. The molecule has 0 aliphatic carbocycles. The Morgan fingerprint density at radius 1 is 1.38 bits per heavy atom. The summed E-state index contributed by atoms with van der Waals surface area (Å²) in [4.78, 5) is 16.6. The number of benzene rings is 1. The van der Waals surface area contributed by atoms with E-state index in [0.717, 1.165) is 15.0 Å². The van der Waals surface area contributed by atoms with Gasteiger partial charge in [-0.15, -0.1) is 11.3 Å². The lowest BCUT2D eigenvalue weighted by atomic mass is 10.2. The second-order valence-electron chi connectivity index (χ2n) is 5.29. The molecule has 9 heteroatoms. The third-order valence-corrected chi connectivity index (χ3v) is 6.26. The van der Waals surface area contributed by atoms with Crippen LogP contribution < -0.4 is 5.32 Å². The highest BCUT2D eigenvalue weighted by Crippen LogP contribution is 2.22. The zero-order chi connectivity index (χ0) is 17.9. The predicted octanol–water partition coefficient (Wildman–Crippen LogP) is 2.33. The lowest BCUT2D eigenvalue weighted by Gasteiger charge is -2.13. The highest BCUT2D eigenvalue weighted by molar-refractivity contribution is 7.89. The molecular formula is C15H18ClN3O3S2. The molecule has 0 radical (unpaired) electrons. The van der Waals surface area contributed by atoms with Crippen LogP contribution in [-0.2, 0) is 16.4 Å². The molecule has 1 aromatic carbocycles. The molecule has 0 saturated carbocycles. The van der Waals surface area contributed by atoms with Gasteiger partial charge in [-0.2, -0.15) is 0 Å². The molecule has 1 aromatic heterocycles. The van der Waals surface area contributed by atoms with Crippen molar-refractivity contribution in [3.63, 3.8) is 0 Å². The Kier molecular flexibility index (Phi) is 5.97. The zero-order valence-corrected chi connectivity index (χ0v) is 15.9. The van der Waals surface area contributed by atoms with E-state index in [4.69, 9.17) is 11.6 Å². The lowest BCUT2D eigenvalue weighted by Crippen LogP contribution is -2.27. The average molecular weight is 388 g/mol. The molecule has 1 heterocycles. The Morgan fingerprint density at radius 3 is 2.67 bits per heavy atom. The number of nitrogens with zero attached hydrogens (tertiary/aromatic N) is 2. The molecule has 2 aromatic rings. The van der Waals surface area contributed by atoms with E-state index in [-0.39, 0.29) is 15.5 Å². The molecule has 0 aliphatic heterocycles. The van der Waals surface area contributed by atoms with Crippen molar-refractivity contribution in [1.82, 2.24) is 14.6 Å². The van der Waals surface area contributed by atoms with Crippen LogP contribution in [0.2, 0.25) is 5.02 Å². The summed E-state index contributed by atoms with van der Waals surface area (Å²) in [5, 5.41) is 5.86. The first-order chi connectivity index (χ1) is 11.2. The molecule has 0 spiro atoms. The van der Waals surface area contributed by atoms with Crippen LogP contribution in [-0.4, -0.2) is 44.3 Å². The molecule has 130 valence electrons. The Hall–Kier alpha value is -1.48. The number of rotatable bonds is 6. The lowest BCUT2D eigenvalue weighted by molar-refractivity contribution is 0.0954. The number of sulfonamides is 1. The van der Waals surface area contributed by atoms with E-state index in [1.54, 1.807) is 11.3 Å². The third kappa shape index (κ3) is 4.32. The van der Waals surface area contributed by atoms with Crippen molar-refractivity contribution in [3.8, 4) is 0 Å². The van der Waals surface area contributed by atoms with Gasteiger partial charge in [0.2, 0.25) is 10.0 Å². The maximum absolute atomic E-state index is 12.3. The first kappa shape index (κ1) is 18.9. The number of aromatic nitrogens is 1. The third-order valence-electron chi connectivity index (χ3n) is 3.29. The van der Waals surface area contributed by atoms with E-state index in [2.05, 4.69) is 10.3 Å². The van der Waals surface area contributed by atoms with E-state index >= 15 is 0 Å². The zero-order valence-electron chi connectivity index (χ0n) is 13.5. The minimum absolute atomic E-state index is 0.0252. The minimum atomic E-state index is -3.62. The normalized spacial score (nSPS) is 11.7. The summed E-state index contributed by atoms with van der Waals surface area (Å²) in [5.41, 5.74) is 1.04. The van der Waals surface area contributed by atoms with Gasteiger partial charge in [0.1, 0.15) is 0 Å². The molecule has 1 amide bonds. The van der Waals surface area contributed by atoms with Gasteiger partial charge in [-0.3, -0.25) is 4.79 Å². The highest BCUT2D eigenvalue weighted by atomic mass is 35.5. The maximum Gasteiger partial charge on any atom is 0.252 e. The van der Waals surface area contributed by atoms with Crippen LogP contribution in [0.25, 0.3) is 0 Å². The van der Waals surface area contributed by atoms with Crippen LogP contribution >= 0.6 is 22.9 Å². The molecule has 6 nitrogen and oxygen atoms in total. The molecule has 24 heavy (non-hydrogen) atoms. The number of aryl methyl sites for hydroxylation is 1. The van der Waals surface area contributed by atoms with E-state index in [0.29, 0.717) is 13.0 Å². The average Bonchev–Trinajstić information content (AvgIpc) is 2.92. The number of thiazole rings is 1. The van der Waals surface area contributed by atoms with Crippen LogP contribution in [0.1, 0.15) is 21.1 Å². The van der Waals surface area contributed by atoms with Gasteiger partial charge in [0.25, 0.3) is 5.91 Å². The van der Waals surface area contributed by atoms with Gasteiger partial charge < -0.3 is 5.32 Å². The van der Waals surface area contributed by atoms with Crippen molar-refractivity contribution in [2.75, 3.05) is 20.6 Å². The van der Waals surface area contributed by atoms with Gasteiger partial charge in [0.15, 0.2) is 0 Å². The molecule has 0 bridgehead atoms. The molecule has 0 atom stereocenters. The van der Waals surface area contributed by atoms with Crippen molar-refractivity contribution in [2.45, 2.75) is 18.2 Å². The van der Waals surface area contributed by atoms with E-state index in [1.165, 1.54) is 32.3 Å². The Labute approximate surface area is 150 Å². The van der Waals surface area contributed by atoms with Gasteiger partial charge in [0.05, 0.1) is 26.2 Å². The van der Waals surface area contributed by atoms with Gasteiger partial charge in [-0.1, -0.05) is 11.6 Å². The summed E-state index contributed by atoms with van der Waals surface area (Å²) in [5.74, 6) is -0.414. The SMILES string of the molecule is Cc1nc(CCNC(=O)c2cc(S(=O)(=O)N(C)C)ccc2Cl)cs1. The molecule has 2 rings (SSSR count). The van der Waals surface area contributed by atoms with Crippen molar-refractivity contribution in [1.29, 1.82) is 0 Å². The Balaban J connectivity index is 2.11. The molecule has 0 fully saturated rings. The summed E-state index contributed by atoms with van der Waals surface area (Å²) in [6, 6.07) is 4.09. The molecule has 1 N–H and O–H groups in total. The monoisotopic (exact) mass is 387 g/mol.